The number of amides is 2. The first kappa shape index (κ1) is 20.0. The van der Waals surface area contributed by atoms with Crippen LogP contribution in [0.15, 0.2) is 34.5 Å². The van der Waals surface area contributed by atoms with Gasteiger partial charge in [-0.15, -0.1) is 22.7 Å². The fourth-order valence-corrected chi connectivity index (χ4v) is 3.56. The summed E-state index contributed by atoms with van der Waals surface area (Å²) in [6, 6.07) is 7.92. The molecule has 2 amide bonds. The number of carbonyl (C=O) groups is 2. The van der Waals surface area contributed by atoms with Crippen LogP contribution >= 0.6 is 22.7 Å². The lowest BCUT2D eigenvalue weighted by molar-refractivity contribution is -0.123. The van der Waals surface area contributed by atoms with Crippen LogP contribution in [0.25, 0.3) is 0 Å². The number of thiophene rings is 2. The molecule has 0 fully saturated rings. The lowest BCUT2D eigenvalue weighted by Gasteiger charge is -2.00. The third kappa shape index (κ3) is 7.71. The van der Waals surface area contributed by atoms with Crippen molar-refractivity contribution in [1.29, 1.82) is 0 Å². The quantitative estimate of drug-likeness (QED) is 0.390. The van der Waals surface area contributed by atoms with Crippen LogP contribution in [0.3, 0.4) is 0 Å². The summed E-state index contributed by atoms with van der Waals surface area (Å²) in [5, 5.41) is 7.86. The SMILES string of the molecule is Cc1ccc(/C=N/NC(=O)CCCCC(=O)N/N=C/c2ccc(C)s2)s1. The van der Waals surface area contributed by atoms with Gasteiger partial charge >= 0.3 is 0 Å². The van der Waals surface area contributed by atoms with Gasteiger partial charge in [-0.2, -0.15) is 10.2 Å². The zero-order valence-electron chi connectivity index (χ0n) is 14.8. The van der Waals surface area contributed by atoms with E-state index >= 15 is 0 Å². The number of aryl methyl sites for hydroxylation is 2. The van der Waals surface area contributed by atoms with Gasteiger partial charge in [0.15, 0.2) is 0 Å². The molecule has 0 bridgehead atoms. The van der Waals surface area contributed by atoms with E-state index in [1.165, 1.54) is 9.75 Å². The molecule has 0 aliphatic carbocycles. The Labute approximate surface area is 161 Å². The minimum absolute atomic E-state index is 0.152. The third-order valence-electron chi connectivity index (χ3n) is 3.34. The topological polar surface area (TPSA) is 82.9 Å². The largest absolute Gasteiger partial charge is 0.273 e. The Bertz CT molecular complexity index is 726. The molecule has 8 heteroatoms. The Hall–Kier alpha value is -2.32. The highest BCUT2D eigenvalue weighted by atomic mass is 32.1. The van der Waals surface area contributed by atoms with Crippen LogP contribution in [-0.4, -0.2) is 24.2 Å². The Morgan fingerprint density at radius 1 is 0.846 bits per heavy atom. The molecule has 0 unspecified atom stereocenters. The molecule has 0 atom stereocenters. The van der Waals surface area contributed by atoms with Crippen molar-refractivity contribution in [1.82, 2.24) is 10.9 Å². The average Bonchev–Trinajstić information content (AvgIpc) is 3.20. The number of hydrazone groups is 2. The summed E-state index contributed by atoms with van der Waals surface area (Å²) in [6.45, 7) is 4.04. The summed E-state index contributed by atoms with van der Waals surface area (Å²) in [6.07, 6.45) is 5.20. The molecular formula is C18H22N4O2S2. The maximum absolute atomic E-state index is 11.7. The Morgan fingerprint density at radius 2 is 1.27 bits per heavy atom. The Morgan fingerprint density at radius 3 is 1.62 bits per heavy atom. The van der Waals surface area contributed by atoms with E-state index < -0.39 is 0 Å². The molecule has 0 saturated carbocycles. The third-order valence-corrected chi connectivity index (χ3v) is 5.21. The minimum atomic E-state index is -0.152. The number of unbranched alkanes of at least 4 members (excludes halogenated alkanes) is 1. The highest BCUT2D eigenvalue weighted by Crippen LogP contribution is 2.13. The summed E-state index contributed by atoms with van der Waals surface area (Å²) in [4.78, 5) is 27.7. The fourth-order valence-electron chi connectivity index (χ4n) is 2.06. The molecule has 2 aromatic heterocycles. The average molecular weight is 391 g/mol. The van der Waals surface area contributed by atoms with E-state index in [2.05, 4.69) is 21.1 Å². The molecule has 138 valence electrons. The van der Waals surface area contributed by atoms with Gasteiger partial charge in [-0.1, -0.05) is 0 Å². The second kappa shape index (κ2) is 10.6. The number of rotatable bonds is 9. The van der Waals surface area contributed by atoms with Crippen molar-refractivity contribution in [3.63, 3.8) is 0 Å². The van der Waals surface area contributed by atoms with Crippen molar-refractivity contribution in [3.8, 4) is 0 Å². The highest BCUT2D eigenvalue weighted by molar-refractivity contribution is 7.13. The normalized spacial score (nSPS) is 11.3. The first-order valence-electron chi connectivity index (χ1n) is 8.29. The summed E-state index contributed by atoms with van der Waals surface area (Å²) < 4.78 is 0. The summed E-state index contributed by atoms with van der Waals surface area (Å²) >= 11 is 3.23. The summed E-state index contributed by atoms with van der Waals surface area (Å²) in [5.74, 6) is -0.304. The maximum atomic E-state index is 11.7. The van der Waals surface area contributed by atoms with Gasteiger partial charge in [0, 0.05) is 32.4 Å². The number of nitrogens with one attached hydrogen (secondary N) is 2. The molecule has 0 radical (unpaired) electrons. The first-order chi connectivity index (χ1) is 12.5. The number of hydrogen-bond donors (Lipinski definition) is 2. The molecule has 0 saturated heterocycles. The predicted molar refractivity (Wildman–Crippen MR) is 108 cm³/mol. The summed E-state index contributed by atoms with van der Waals surface area (Å²) in [7, 11) is 0. The molecule has 2 rings (SSSR count). The van der Waals surface area contributed by atoms with Crippen LogP contribution in [0.4, 0.5) is 0 Å². The molecule has 0 aliphatic heterocycles. The molecular weight excluding hydrogens is 368 g/mol. The molecule has 26 heavy (non-hydrogen) atoms. The molecule has 0 aromatic carbocycles. The molecule has 2 aromatic rings. The first-order valence-corrected chi connectivity index (χ1v) is 9.93. The van der Waals surface area contributed by atoms with Gasteiger partial charge < -0.3 is 0 Å². The van der Waals surface area contributed by atoms with Gasteiger partial charge in [0.1, 0.15) is 0 Å². The van der Waals surface area contributed by atoms with E-state index in [9.17, 15) is 9.59 Å². The van der Waals surface area contributed by atoms with Crippen LogP contribution in [-0.2, 0) is 9.59 Å². The zero-order chi connectivity index (χ0) is 18.8. The van der Waals surface area contributed by atoms with Crippen molar-refractivity contribution in [2.24, 2.45) is 10.2 Å². The van der Waals surface area contributed by atoms with Crippen molar-refractivity contribution in [2.45, 2.75) is 39.5 Å². The molecule has 2 N–H and O–H groups in total. The van der Waals surface area contributed by atoms with Crippen molar-refractivity contribution < 1.29 is 9.59 Å². The van der Waals surface area contributed by atoms with Gasteiger partial charge in [0.2, 0.25) is 11.8 Å². The second-order valence-electron chi connectivity index (χ2n) is 5.69. The van der Waals surface area contributed by atoms with Gasteiger partial charge in [0.25, 0.3) is 0 Å². The second-order valence-corrected chi connectivity index (χ2v) is 8.33. The van der Waals surface area contributed by atoms with Gasteiger partial charge in [-0.05, 0) is 51.0 Å². The van der Waals surface area contributed by atoms with E-state index in [-0.39, 0.29) is 11.8 Å². The Kier molecular flexibility index (Phi) is 8.17. The lowest BCUT2D eigenvalue weighted by Crippen LogP contribution is -2.18. The summed E-state index contributed by atoms with van der Waals surface area (Å²) in [5.41, 5.74) is 4.99. The van der Waals surface area contributed by atoms with Crippen LogP contribution in [0.5, 0.6) is 0 Å². The maximum Gasteiger partial charge on any atom is 0.240 e. The Balaban J connectivity index is 1.54. The molecule has 6 nitrogen and oxygen atoms in total. The van der Waals surface area contributed by atoms with E-state index in [1.54, 1.807) is 35.1 Å². The number of hydrogen-bond acceptors (Lipinski definition) is 6. The smallest absolute Gasteiger partial charge is 0.240 e. The zero-order valence-corrected chi connectivity index (χ0v) is 16.5. The van der Waals surface area contributed by atoms with E-state index in [0.717, 1.165) is 9.75 Å². The highest BCUT2D eigenvalue weighted by Gasteiger charge is 2.03. The predicted octanol–water partition coefficient (Wildman–Crippen LogP) is 3.59. The number of nitrogens with zero attached hydrogens (tertiary/aromatic N) is 2. The van der Waals surface area contributed by atoms with Crippen molar-refractivity contribution >= 4 is 46.9 Å². The van der Waals surface area contributed by atoms with E-state index in [4.69, 9.17) is 0 Å². The van der Waals surface area contributed by atoms with Crippen LogP contribution < -0.4 is 10.9 Å². The van der Waals surface area contributed by atoms with E-state index in [1.807, 2.05) is 38.1 Å². The lowest BCUT2D eigenvalue weighted by atomic mass is 10.2. The number of carbonyl (C=O) groups excluding carboxylic acids is 2. The van der Waals surface area contributed by atoms with Crippen molar-refractivity contribution in [3.05, 3.63) is 43.8 Å². The van der Waals surface area contributed by atoms with Gasteiger partial charge in [-0.25, -0.2) is 10.9 Å². The monoisotopic (exact) mass is 390 g/mol. The molecule has 0 spiro atoms. The van der Waals surface area contributed by atoms with Crippen LogP contribution in [0.1, 0.15) is 45.2 Å². The van der Waals surface area contributed by atoms with Crippen LogP contribution in [0, 0.1) is 13.8 Å². The van der Waals surface area contributed by atoms with Crippen LogP contribution in [0.2, 0.25) is 0 Å². The molecule has 0 aliphatic rings. The molecule has 2 heterocycles. The van der Waals surface area contributed by atoms with Crippen molar-refractivity contribution in [2.75, 3.05) is 0 Å². The minimum Gasteiger partial charge on any atom is -0.273 e. The fraction of sp³-hybridized carbons (Fsp3) is 0.333. The standard InChI is InChI=1S/C18H22N4O2S2/c1-13-7-9-15(25-13)11-19-21-17(23)5-3-4-6-18(24)22-20-12-16-10-8-14(2)26-16/h7-12H,3-6H2,1-2H3,(H,21,23)(H,22,24)/b19-11+,20-12+. The van der Waals surface area contributed by atoms with E-state index in [0.29, 0.717) is 25.7 Å². The van der Waals surface area contributed by atoms with Gasteiger partial charge in [-0.3, -0.25) is 9.59 Å². The van der Waals surface area contributed by atoms with Gasteiger partial charge in [0.05, 0.1) is 12.4 Å².